The molecule has 0 saturated carbocycles. The maximum atomic E-state index is 12.4. The van der Waals surface area contributed by atoms with Crippen LogP contribution in [0.15, 0.2) is 35.5 Å². The fourth-order valence-corrected chi connectivity index (χ4v) is 2.62. The average molecular weight is 259 g/mol. The number of aryl methyl sites for hydroxylation is 1. The van der Waals surface area contributed by atoms with Crippen molar-refractivity contribution in [1.82, 2.24) is 9.78 Å². The predicted molar refractivity (Wildman–Crippen MR) is 72.3 cm³/mol. The quantitative estimate of drug-likeness (QED) is 0.794. The lowest BCUT2D eigenvalue weighted by Crippen LogP contribution is -2.37. The summed E-state index contributed by atoms with van der Waals surface area (Å²) < 4.78 is 1.70. The van der Waals surface area contributed by atoms with Crippen molar-refractivity contribution < 1.29 is 4.79 Å². The van der Waals surface area contributed by atoms with Gasteiger partial charge in [-0.1, -0.05) is 6.07 Å². The summed E-state index contributed by atoms with van der Waals surface area (Å²) in [4.78, 5) is 15.1. The number of hydrogen-bond donors (Lipinski definition) is 1. The van der Waals surface area contributed by atoms with E-state index in [4.69, 9.17) is 0 Å². The number of carbonyl (C=O) groups excluding carboxylic acids is 1. The Morgan fingerprint density at radius 3 is 2.94 bits per heavy atom. The first-order valence-electron chi connectivity index (χ1n) is 5.78. The van der Waals surface area contributed by atoms with Gasteiger partial charge in [-0.25, -0.2) is 0 Å². The van der Waals surface area contributed by atoms with Gasteiger partial charge in [0.25, 0.3) is 5.91 Å². The molecule has 1 aromatic carbocycles. The molecule has 0 saturated heterocycles. The van der Waals surface area contributed by atoms with Crippen LogP contribution in [0, 0.1) is 0 Å². The van der Waals surface area contributed by atoms with Gasteiger partial charge in [0.05, 0.1) is 11.9 Å². The fraction of sp³-hybridized carbons (Fsp3) is 0.231. The second-order valence-electron chi connectivity index (χ2n) is 4.38. The van der Waals surface area contributed by atoms with Crippen molar-refractivity contribution in [3.05, 3.63) is 41.7 Å². The van der Waals surface area contributed by atoms with E-state index in [9.17, 15) is 4.79 Å². The lowest BCUT2D eigenvalue weighted by molar-refractivity contribution is 0.0980. The van der Waals surface area contributed by atoms with Gasteiger partial charge in [0.1, 0.15) is 0 Å². The Labute approximate surface area is 111 Å². The van der Waals surface area contributed by atoms with Gasteiger partial charge >= 0.3 is 0 Å². The van der Waals surface area contributed by atoms with E-state index in [0.717, 1.165) is 28.1 Å². The molecule has 0 fully saturated rings. The molecule has 0 radical (unpaired) electrons. The Bertz CT molecular complexity index is 620. The smallest absolute Gasteiger partial charge is 0.258 e. The van der Waals surface area contributed by atoms with E-state index in [2.05, 4.69) is 17.7 Å². The third kappa shape index (κ3) is 1.71. The van der Waals surface area contributed by atoms with Crippen LogP contribution in [0.4, 0.5) is 5.69 Å². The zero-order chi connectivity index (χ0) is 12.7. The Hall–Kier alpha value is -1.75. The van der Waals surface area contributed by atoms with Crippen LogP contribution in [0.1, 0.15) is 15.9 Å². The van der Waals surface area contributed by atoms with Gasteiger partial charge in [0, 0.05) is 30.2 Å². The highest BCUT2D eigenvalue weighted by molar-refractivity contribution is 7.80. The van der Waals surface area contributed by atoms with Gasteiger partial charge in [-0.05, 0) is 24.1 Å². The van der Waals surface area contributed by atoms with Gasteiger partial charge < -0.3 is 4.90 Å². The third-order valence-corrected chi connectivity index (χ3v) is 3.63. The molecule has 3 rings (SSSR count). The highest BCUT2D eigenvalue weighted by atomic mass is 32.1. The summed E-state index contributed by atoms with van der Waals surface area (Å²) in [6, 6.07) is 5.65. The summed E-state index contributed by atoms with van der Waals surface area (Å²) in [7, 11) is 1.84. The van der Waals surface area contributed by atoms with E-state index < -0.39 is 0 Å². The van der Waals surface area contributed by atoms with Crippen LogP contribution in [0.2, 0.25) is 0 Å². The van der Waals surface area contributed by atoms with Crippen molar-refractivity contribution in [1.29, 1.82) is 0 Å². The molecule has 0 spiro atoms. The summed E-state index contributed by atoms with van der Waals surface area (Å²) in [6.45, 7) is 0.676. The first kappa shape index (κ1) is 11.3. The van der Waals surface area contributed by atoms with Gasteiger partial charge in [-0.2, -0.15) is 5.10 Å². The molecule has 92 valence electrons. The Morgan fingerprint density at radius 2 is 2.22 bits per heavy atom. The summed E-state index contributed by atoms with van der Waals surface area (Å²) in [5.41, 5.74) is 2.64. The van der Waals surface area contributed by atoms with Crippen molar-refractivity contribution in [2.24, 2.45) is 7.05 Å². The Morgan fingerprint density at radius 1 is 1.39 bits per heavy atom. The Balaban J connectivity index is 2.02. The average Bonchev–Trinajstić information content (AvgIpc) is 2.77. The highest BCUT2D eigenvalue weighted by Crippen LogP contribution is 2.27. The number of carbonyl (C=O) groups is 1. The summed E-state index contributed by atoms with van der Waals surface area (Å²) in [5, 5.41) is 4.11. The molecule has 1 amide bonds. The van der Waals surface area contributed by atoms with Crippen LogP contribution in [-0.2, 0) is 13.5 Å². The molecular formula is C13H13N3OS. The third-order valence-electron chi connectivity index (χ3n) is 3.22. The number of nitrogens with zero attached hydrogens (tertiary/aromatic N) is 3. The van der Waals surface area contributed by atoms with E-state index in [-0.39, 0.29) is 5.91 Å². The molecule has 0 aliphatic carbocycles. The maximum absolute atomic E-state index is 12.4. The first-order chi connectivity index (χ1) is 8.66. The molecule has 0 bridgehead atoms. The first-order valence-corrected chi connectivity index (χ1v) is 6.23. The molecule has 4 nitrogen and oxygen atoms in total. The van der Waals surface area contributed by atoms with Gasteiger partial charge in [-0.15, -0.1) is 12.6 Å². The molecule has 0 N–H and O–H groups in total. The number of thiol groups is 1. The zero-order valence-electron chi connectivity index (χ0n) is 10.00. The second kappa shape index (κ2) is 4.17. The standard InChI is InChI=1S/C13H13N3OS/c1-15-8-9(7-14-15)16-6-5-10-11(13(16)17)3-2-4-12(10)18/h2-4,7-8,18H,5-6H2,1H3. The Kier molecular flexibility index (Phi) is 2.63. The minimum absolute atomic E-state index is 0.0279. The van der Waals surface area contributed by atoms with Crippen LogP contribution in [0.3, 0.4) is 0 Å². The monoisotopic (exact) mass is 259 g/mol. The molecule has 2 heterocycles. The van der Waals surface area contributed by atoms with Crippen molar-refractivity contribution in [3.63, 3.8) is 0 Å². The normalized spacial score (nSPS) is 14.8. The molecule has 1 aromatic heterocycles. The molecule has 0 atom stereocenters. The number of amides is 1. The summed E-state index contributed by atoms with van der Waals surface area (Å²) in [6.07, 6.45) is 4.40. The van der Waals surface area contributed by atoms with E-state index in [1.54, 1.807) is 15.8 Å². The minimum atomic E-state index is 0.0279. The number of rotatable bonds is 1. The van der Waals surface area contributed by atoms with Crippen molar-refractivity contribution in [2.45, 2.75) is 11.3 Å². The van der Waals surface area contributed by atoms with Crippen LogP contribution >= 0.6 is 12.6 Å². The second-order valence-corrected chi connectivity index (χ2v) is 4.86. The molecule has 0 unspecified atom stereocenters. The number of hydrogen-bond acceptors (Lipinski definition) is 3. The predicted octanol–water partition coefficient (Wildman–Crippen LogP) is 1.91. The number of anilines is 1. The molecular weight excluding hydrogens is 246 g/mol. The SMILES string of the molecule is Cn1cc(N2CCc3c(S)cccc3C2=O)cn1. The van der Waals surface area contributed by atoms with Crippen molar-refractivity contribution in [3.8, 4) is 0 Å². The largest absolute Gasteiger partial charge is 0.305 e. The number of fused-ring (bicyclic) bond motifs is 1. The van der Waals surface area contributed by atoms with E-state index >= 15 is 0 Å². The number of benzene rings is 1. The number of aromatic nitrogens is 2. The van der Waals surface area contributed by atoms with Crippen LogP contribution in [0.25, 0.3) is 0 Å². The molecule has 1 aliphatic rings. The van der Waals surface area contributed by atoms with Gasteiger partial charge in [0.2, 0.25) is 0 Å². The maximum Gasteiger partial charge on any atom is 0.258 e. The summed E-state index contributed by atoms with van der Waals surface area (Å²) in [5.74, 6) is 0.0279. The van der Waals surface area contributed by atoms with E-state index in [1.807, 2.05) is 31.4 Å². The fourth-order valence-electron chi connectivity index (χ4n) is 2.30. The van der Waals surface area contributed by atoms with Gasteiger partial charge in [0.15, 0.2) is 0 Å². The minimum Gasteiger partial charge on any atom is -0.305 e. The van der Waals surface area contributed by atoms with Gasteiger partial charge in [-0.3, -0.25) is 9.48 Å². The topological polar surface area (TPSA) is 38.1 Å². The van der Waals surface area contributed by atoms with E-state index in [1.165, 1.54) is 0 Å². The van der Waals surface area contributed by atoms with E-state index in [0.29, 0.717) is 6.54 Å². The zero-order valence-corrected chi connectivity index (χ0v) is 10.9. The molecule has 1 aliphatic heterocycles. The molecule has 5 heteroatoms. The molecule has 2 aromatic rings. The van der Waals surface area contributed by atoms with Crippen molar-refractivity contribution >= 4 is 24.2 Å². The molecule has 18 heavy (non-hydrogen) atoms. The summed E-state index contributed by atoms with van der Waals surface area (Å²) >= 11 is 4.41. The van der Waals surface area contributed by atoms with Crippen LogP contribution in [-0.4, -0.2) is 22.2 Å². The van der Waals surface area contributed by atoms with Crippen LogP contribution in [0.5, 0.6) is 0 Å². The van der Waals surface area contributed by atoms with Crippen LogP contribution < -0.4 is 4.90 Å². The lowest BCUT2D eigenvalue weighted by atomic mass is 9.99. The highest BCUT2D eigenvalue weighted by Gasteiger charge is 2.26. The lowest BCUT2D eigenvalue weighted by Gasteiger charge is -2.28. The van der Waals surface area contributed by atoms with Crippen molar-refractivity contribution in [2.75, 3.05) is 11.4 Å².